The molecule has 1 heteroatoms. The van der Waals surface area contributed by atoms with Crippen molar-refractivity contribution in [1.29, 1.82) is 0 Å². The van der Waals surface area contributed by atoms with E-state index >= 15 is 0 Å². The van der Waals surface area contributed by atoms with Crippen LogP contribution in [-0.2, 0) is 0 Å². The summed E-state index contributed by atoms with van der Waals surface area (Å²) in [6, 6.07) is 0. The molecule has 0 aromatic carbocycles. The highest BCUT2D eigenvalue weighted by molar-refractivity contribution is 7.01. The molecule has 60 valence electrons. The van der Waals surface area contributed by atoms with Crippen molar-refractivity contribution < 1.29 is 0 Å². The van der Waals surface area contributed by atoms with Crippen LogP contribution in [0.5, 0.6) is 0 Å². The summed E-state index contributed by atoms with van der Waals surface area (Å²) in [6.07, 6.45) is 21.1. The summed E-state index contributed by atoms with van der Waals surface area (Å²) in [5, 5.41) is 0. The highest BCUT2D eigenvalue weighted by Gasteiger charge is 2.38. The van der Waals surface area contributed by atoms with Crippen LogP contribution in [-0.4, -0.2) is 8.07 Å². The Morgan fingerprint density at radius 2 is 1.33 bits per heavy atom. The molecular formula is C11H12Si. The van der Waals surface area contributed by atoms with Gasteiger partial charge >= 0.3 is 0 Å². The second-order valence-corrected chi connectivity index (χ2v) is 6.52. The third-order valence-electron chi connectivity index (χ3n) is 2.65. The van der Waals surface area contributed by atoms with Crippen molar-refractivity contribution in [3.8, 4) is 35.9 Å². The van der Waals surface area contributed by atoms with E-state index in [1.807, 2.05) is 0 Å². The Labute approximate surface area is 75.8 Å². The first-order chi connectivity index (χ1) is 5.79. The van der Waals surface area contributed by atoms with Gasteiger partial charge in [0.2, 0.25) is 0 Å². The van der Waals surface area contributed by atoms with Crippen molar-refractivity contribution in [2.45, 2.75) is 31.2 Å². The first kappa shape index (κ1) is 8.99. The minimum atomic E-state index is -2.20. The Morgan fingerprint density at radius 1 is 0.917 bits per heavy atom. The van der Waals surface area contributed by atoms with Gasteiger partial charge in [0.05, 0.1) is 0 Å². The van der Waals surface area contributed by atoms with Gasteiger partial charge in [-0.15, -0.1) is 35.9 Å². The lowest BCUT2D eigenvalue weighted by atomic mass is 10.4. The van der Waals surface area contributed by atoms with Gasteiger partial charge in [0.15, 0.2) is 0 Å². The predicted octanol–water partition coefficient (Wildman–Crippen LogP) is 1.90. The molecule has 0 bridgehead atoms. The van der Waals surface area contributed by atoms with Crippen molar-refractivity contribution >= 4 is 8.07 Å². The van der Waals surface area contributed by atoms with Crippen molar-refractivity contribution in [2.75, 3.05) is 0 Å². The summed E-state index contributed by atoms with van der Waals surface area (Å²) in [4.78, 5) is 0. The lowest BCUT2D eigenvalue weighted by molar-refractivity contribution is 0.858. The third kappa shape index (κ3) is 1.27. The topological polar surface area (TPSA) is 0 Å². The Hall–Kier alpha value is -1.10. The van der Waals surface area contributed by atoms with Crippen LogP contribution in [0.3, 0.4) is 0 Å². The molecule has 1 aliphatic carbocycles. The zero-order valence-corrected chi connectivity index (χ0v) is 8.14. The van der Waals surface area contributed by atoms with Crippen LogP contribution < -0.4 is 0 Å². The van der Waals surface area contributed by atoms with E-state index in [-0.39, 0.29) is 0 Å². The molecule has 0 unspecified atom stereocenters. The molecule has 0 radical (unpaired) electrons. The Balaban J connectivity index is 2.89. The minimum Gasteiger partial charge on any atom is -0.125 e. The van der Waals surface area contributed by atoms with Gasteiger partial charge in [-0.05, 0) is 5.54 Å². The zero-order valence-electron chi connectivity index (χ0n) is 7.14. The molecule has 0 spiro atoms. The molecule has 0 heterocycles. The first-order valence-electron chi connectivity index (χ1n) is 4.22. The van der Waals surface area contributed by atoms with Gasteiger partial charge in [-0.3, -0.25) is 0 Å². The highest BCUT2D eigenvalue weighted by atomic mass is 28.3. The number of terminal acetylenes is 3. The van der Waals surface area contributed by atoms with Crippen molar-refractivity contribution in [2.24, 2.45) is 0 Å². The van der Waals surface area contributed by atoms with Crippen LogP contribution in [0.4, 0.5) is 0 Å². The summed E-state index contributed by atoms with van der Waals surface area (Å²) in [5.41, 5.74) is 8.65. The molecular weight excluding hydrogens is 160 g/mol. The maximum atomic E-state index is 5.44. The molecule has 0 saturated heterocycles. The van der Waals surface area contributed by atoms with E-state index < -0.39 is 8.07 Å². The maximum absolute atomic E-state index is 5.44. The molecule has 0 amide bonds. The maximum Gasteiger partial charge on any atom is 0.292 e. The number of hydrogen-bond acceptors (Lipinski definition) is 0. The van der Waals surface area contributed by atoms with Crippen LogP contribution in [0.2, 0.25) is 5.54 Å². The average molecular weight is 172 g/mol. The fraction of sp³-hybridized carbons (Fsp3) is 0.455. The highest BCUT2D eigenvalue weighted by Crippen LogP contribution is 2.37. The summed E-state index contributed by atoms with van der Waals surface area (Å²) in [5.74, 6) is 0. The Kier molecular flexibility index (Phi) is 2.64. The van der Waals surface area contributed by atoms with E-state index in [4.69, 9.17) is 19.3 Å². The molecule has 1 fully saturated rings. The lowest BCUT2D eigenvalue weighted by Gasteiger charge is -2.19. The first-order valence-corrected chi connectivity index (χ1v) is 6.30. The standard InChI is InChI=1S/C11H12Si/c1-4-12(5-2,6-3)11-9-7-8-10-11/h1-3,11H,7-10H2. The third-order valence-corrected chi connectivity index (χ3v) is 5.82. The van der Waals surface area contributed by atoms with Crippen LogP contribution in [0.15, 0.2) is 0 Å². The fourth-order valence-corrected chi connectivity index (χ4v) is 4.07. The van der Waals surface area contributed by atoms with Crippen molar-refractivity contribution in [3.63, 3.8) is 0 Å². The van der Waals surface area contributed by atoms with Crippen molar-refractivity contribution in [3.05, 3.63) is 0 Å². The van der Waals surface area contributed by atoms with E-state index in [2.05, 4.69) is 16.6 Å². The molecule has 1 aliphatic rings. The van der Waals surface area contributed by atoms with E-state index in [0.717, 1.165) is 12.8 Å². The predicted molar refractivity (Wildman–Crippen MR) is 54.5 cm³/mol. The van der Waals surface area contributed by atoms with Gasteiger partial charge in [0.1, 0.15) is 0 Å². The van der Waals surface area contributed by atoms with Gasteiger partial charge in [-0.1, -0.05) is 25.7 Å². The SMILES string of the molecule is C#C[Si](C#C)(C#C)C1CCCC1. The Morgan fingerprint density at radius 3 is 1.67 bits per heavy atom. The molecule has 0 atom stereocenters. The lowest BCUT2D eigenvalue weighted by Crippen LogP contribution is -2.34. The number of hydrogen-bond donors (Lipinski definition) is 0. The fourth-order valence-electron chi connectivity index (χ4n) is 1.84. The molecule has 0 aliphatic heterocycles. The van der Waals surface area contributed by atoms with Crippen LogP contribution >= 0.6 is 0 Å². The van der Waals surface area contributed by atoms with E-state index in [1.54, 1.807) is 0 Å². The van der Waals surface area contributed by atoms with Gasteiger partial charge < -0.3 is 0 Å². The summed E-state index contributed by atoms with van der Waals surface area (Å²) in [7, 11) is -2.20. The average Bonchev–Trinajstić information content (AvgIpc) is 2.62. The van der Waals surface area contributed by atoms with Crippen LogP contribution in [0.1, 0.15) is 25.7 Å². The summed E-state index contributed by atoms with van der Waals surface area (Å²) >= 11 is 0. The largest absolute Gasteiger partial charge is 0.292 e. The molecule has 0 nitrogen and oxygen atoms in total. The van der Waals surface area contributed by atoms with Gasteiger partial charge in [-0.2, -0.15) is 0 Å². The smallest absolute Gasteiger partial charge is 0.125 e. The van der Waals surface area contributed by atoms with Gasteiger partial charge in [0.25, 0.3) is 8.07 Å². The van der Waals surface area contributed by atoms with Crippen molar-refractivity contribution in [1.82, 2.24) is 0 Å². The van der Waals surface area contributed by atoms with Crippen LogP contribution in [0, 0.1) is 35.9 Å². The summed E-state index contributed by atoms with van der Waals surface area (Å²) < 4.78 is 0. The zero-order chi connectivity index (χ0) is 9.03. The molecule has 0 aromatic heterocycles. The molecule has 0 N–H and O–H groups in total. The van der Waals surface area contributed by atoms with Gasteiger partial charge in [0, 0.05) is 0 Å². The minimum absolute atomic E-state index is 0.484. The van der Waals surface area contributed by atoms with E-state index in [0.29, 0.717) is 5.54 Å². The second-order valence-electron chi connectivity index (χ2n) is 3.22. The quantitative estimate of drug-likeness (QED) is 0.418. The molecule has 12 heavy (non-hydrogen) atoms. The van der Waals surface area contributed by atoms with Crippen LogP contribution in [0.25, 0.3) is 0 Å². The van der Waals surface area contributed by atoms with E-state index in [9.17, 15) is 0 Å². The Bertz CT molecular complexity index is 240. The normalized spacial score (nSPS) is 17.8. The summed E-state index contributed by atoms with van der Waals surface area (Å²) in [6.45, 7) is 0. The molecule has 1 saturated carbocycles. The number of rotatable bonds is 1. The molecule has 1 rings (SSSR count). The monoisotopic (exact) mass is 172 g/mol. The van der Waals surface area contributed by atoms with E-state index in [1.165, 1.54) is 12.8 Å². The second kappa shape index (κ2) is 3.53. The van der Waals surface area contributed by atoms with Gasteiger partial charge in [-0.25, -0.2) is 0 Å². The molecule has 0 aromatic rings.